The van der Waals surface area contributed by atoms with E-state index in [4.69, 9.17) is 21.4 Å². The van der Waals surface area contributed by atoms with Crippen molar-refractivity contribution in [3.05, 3.63) is 53.4 Å². The Kier molecular flexibility index (Phi) is 5.48. The molecule has 1 aromatic carbocycles. The first-order chi connectivity index (χ1) is 12.6. The zero-order chi connectivity index (χ0) is 18.5. The molecule has 1 fully saturated rings. The normalized spacial score (nSPS) is 15.0. The number of thiocarbonyl (C=S) groups is 1. The van der Waals surface area contributed by atoms with E-state index in [9.17, 15) is 9.59 Å². The molecule has 1 saturated heterocycles. The minimum atomic E-state index is -0.329. The van der Waals surface area contributed by atoms with E-state index < -0.39 is 0 Å². The number of rotatable bonds is 6. The highest BCUT2D eigenvalue weighted by Gasteiger charge is 2.20. The Morgan fingerprint density at radius 3 is 2.62 bits per heavy atom. The smallest absolute Gasteiger partial charge is 0.338 e. The molecule has 0 saturated carbocycles. The monoisotopic (exact) mass is 370 g/mol. The topological polar surface area (TPSA) is 80.6 Å². The minimum Gasteiger partial charge on any atom is -0.462 e. The van der Waals surface area contributed by atoms with Gasteiger partial charge in [0.15, 0.2) is 5.11 Å². The van der Waals surface area contributed by atoms with E-state index >= 15 is 0 Å². The first kappa shape index (κ1) is 17.9. The van der Waals surface area contributed by atoms with E-state index in [-0.39, 0.29) is 17.0 Å². The van der Waals surface area contributed by atoms with Crippen molar-refractivity contribution in [3.63, 3.8) is 0 Å². The van der Waals surface area contributed by atoms with Gasteiger partial charge < -0.3 is 14.5 Å². The molecule has 0 spiro atoms. The van der Waals surface area contributed by atoms with Gasteiger partial charge in [-0.2, -0.15) is 0 Å². The number of esters is 1. The Morgan fingerprint density at radius 1 is 1.19 bits per heavy atom. The van der Waals surface area contributed by atoms with Crippen LogP contribution in [0.1, 0.15) is 35.9 Å². The SMILES string of the molecule is CCCCOC(=O)c1ccc(-c2ccc(/C=C3/NC(=S)NC3=O)o2)cc1. The van der Waals surface area contributed by atoms with E-state index in [0.29, 0.717) is 29.4 Å². The Bertz CT molecular complexity index is 868. The summed E-state index contributed by atoms with van der Waals surface area (Å²) in [4.78, 5) is 23.6. The summed E-state index contributed by atoms with van der Waals surface area (Å²) in [7, 11) is 0. The number of nitrogens with one attached hydrogen (secondary N) is 2. The van der Waals surface area contributed by atoms with Gasteiger partial charge in [-0.3, -0.25) is 10.1 Å². The predicted molar refractivity (Wildman–Crippen MR) is 101 cm³/mol. The summed E-state index contributed by atoms with van der Waals surface area (Å²) in [5, 5.41) is 5.52. The van der Waals surface area contributed by atoms with Crippen LogP contribution in [-0.4, -0.2) is 23.6 Å². The van der Waals surface area contributed by atoms with Gasteiger partial charge in [-0.05, 0) is 42.9 Å². The van der Waals surface area contributed by atoms with Gasteiger partial charge in [0.1, 0.15) is 17.2 Å². The number of benzene rings is 1. The highest BCUT2D eigenvalue weighted by molar-refractivity contribution is 7.80. The first-order valence-corrected chi connectivity index (χ1v) is 8.69. The maximum Gasteiger partial charge on any atom is 0.338 e. The molecule has 0 aliphatic carbocycles. The second-order valence-corrected chi connectivity index (χ2v) is 6.14. The van der Waals surface area contributed by atoms with Crippen molar-refractivity contribution >= 4 is 35.3 Å². The highest BCUT2D eigenvalue weighted by atomic mass is 32.1. The lowest BCUT2D eigenvalue weighted by Crippen LogP contribution is -2.21. The summed E-state index contributed by atoms with van der Waals surface area (Å²) in [5.41, 5.74) is 1.65. The molecular weight excluding hydrogens is 352 g/mol. The van der Waals surface area contributed by atoms with Gasteiger partial charge in [0.25, 0.3) is 5.91 Å². The molecule has 0 atom stereocenters. The molecule has 1 amide bonds. The van der Waals surface area contributed by atoms with E-state index in [0.717, 1.165) is 18.4 Å². The van der Waals surface area contributed by atoms with Crippen LogP contribution < -0.4 is 10.6 Å². The highest BCUT2D eigenvalue weighted by Crippen LogP contribution is 2.24. The van der Waals surface area contributed by atoms with Crippen molar-refractivity contribution in [1.29, 1.82) is 0 Å². The quantitative estimate of drug-likeness (QED) is 0.352. The Morgan fingerprint density at radius 2 is 1.96 bits per heavy atom. The standard InChI is InChI=1S/C19H18N2O4S/c1-2-3-10-24-18(23)13-6-4-12(5-7-13)16-9-8-14(25-16)11-15-17(22)21-19(26)20-15/h4-9,11H,2-3,10H2,1H3,(H2,20,21,22,26)/b15-11+. The van der Waals surface area contributed by atoms with Crippen LogP contribution in [0, 0.1) is 0 Å². The molecule has 1 aromatic heterocycles. The molecule has 134 valence electrons. The third-order valence-corrected chi connectivity index (χ3v) is 3.97. The van der Waals surface area contributed by atoms with Gasteiger partial charge in [0.05, 0.1) is 12.2 Å². The third kappa shape index (κ3) is 4.18. The molecule has 0 radical (unpaired) electrons. The fourth-order valence-corrected chi connectivity index (χ4v) is 2.58. The number of amides is 1. The zero-order valence-electron chi connectivity index (χ0n) is 14.2. The van der Waals surface area contributed by atoms with Crippen molar-refractivity contribution in [1.82, 2.24) is 10.6 Å². The van der Waals surface area contributed by atoms with Crippen molar-refractivity contribution in [3.8, 4) is 11.3 Å². The van der Waals surface area contributed by atoms with E-state index in [2.05, 4.69) is 10.6 Å². The molecule has 26 heavy (non-hydrogen) atoms. The summed E-state index contributed by atoms with van der Waals surface area (Å²) in [5.74, 6) is 0.525. The molecule has 7 heteroatoms. The largest absolute Gasteiger partial charge is 0.462 e. The Balaban J connectivity index is 1.70. The average Bonchev–Trinajstić information content (AvgIpc) is 3.22. The second kappa shape index (κ2) is 7.97. The maximum atomic E-state index is 11.9. The lowest BCUT2D eigenvalue weighted by molar-refractivity contribution is -0.115. The summed E-state index contributed by atoms with van der Waals surface area (Å²) in [6.07, 6.45) is 3.41. The lowest BCUT2D eigenvalue weighted by Gasteiger charge is -2.04. The molecule has 2 aromatic rings. The van der Waals surface area contributed by atoms with Crippen LogP contribution in [0.15, 0.2) is 46.5 Å². The van der Waals surface area contributed by atoms with Crippen molar-refractivity contribution < 1.29 is 18.7 Å². The third-order valence-electron chi connectivity index (χ3n) is 3.77. The lowest BCUT2D eigenvalue weighted by atomic mass is 10.1. The summed E-state index contributed by atoms with van der Waals surface area (Å²) < 4.78 is 10.9. The molecule has 0 bridgehead atoms. The van der Waals surface area contributed by atoms with Gasteiger partial charge >= 0.3 is 5.97 Å². The predicted octanol–water partition coefficient (Wildman–Crippen LogP) is 3.25. The zero-order valence-corrected chi connectivity index (χ0v) is 15.0. The van der Waals surface area contributed by atoms with Gasteiger partial charge in [-0.15, -0.1) is 0 Å². The molecule has 2 N–H and O–H groups in total. The van der Waals surface area contributed by atoms with Crippen molar-refractivity contribution in [2.45, 2.75) is 19.8 Å². The van der Waals surface area contributed by atoms with Crippen molar-refractivity contribution in [2.75, 3.05) is 6.61 Å². The van der Waals surface area contributed by atoms with E-state index in [1.807, 2.05) is 6.92 Å². The molecule has 3 rings (SSSR count). The number of hydrogen-bond acceptors (Lipinski definition) is 5. The molecule has 2 heterocycles. The second-order valence-electron chi connectivity index (χ2n) is 5.74. The molecule has 0 unspecified atom stereocenters. The number of hydrogen-bond donors (Lipinski definition) is 2. The van der Waals surface area contributed by atoms with Crippen LogP contribution >= 0.6 is 12.2 Å². The number of unbranched alkanes of at least 4 members (excludes halogenated alkanes) is 1. The Labute approximate surface area is 156 Å². The number of furan rings is 1. The first-order valence-electron chi connectivity index (χ1n) is 8.28. The summed E-state index contributed by atoms with van der Waals surface area (Å²) in [6.45, 7) is 2.47. The number of carbonyl (C=O) groups is 2. The molecule has 1 aliphatic rings. The van der Waals surface area contributed by atoms with Crippen LogP contribution in [0.3, 0.4) is 0 Å². The fraction of sp³-hybridized carbons (Fsp3) is 0.211. The minimum absolute atomic E-state index is 0.273. The van der Waals surface area contributed by atoms with Gasteiger partial charge in [-0.1, -0.05) is 25.5 Å². The fourth-order valence-electron chi connectivity index (χ4n) is 2.37. The van der Waals surface area contributed by atoms with Crippen LogP contribution in [0.25, 0.3) is 17.4 Å². The summed E-state index contributed by atoms with van der Waals surface area (Å²) >= 11 is 4.89. The van der Waals surface area contributed by atoms with Crippen LogP contribution in [0.5, 0.6) is 0 Å². The van der Waals surface area contributed by atoms with Crippen molar-refractivity contribution in [2.24, 2.45) is 0 Å². The van der Waals surface area contributed by atoms with E-state index in [1.54, 1.807) is 42.5 Å². The molecular formula is C19H18N2O4S. The van der Waals surface area contributed by atoms with Gasteiger partial charge in [-0.25, -0.2) is 4.79 Å². The van der Waals surface area contributed by atoms with Crippen LogP contribution in [0.2, 0.25) is 0 Å². The van der Waals surface area contributed by atoms with Crippen LogP contribution in [-0.2, 0) is 9.53 Å². The molecule has 1 aliphatic heterocycles. The average molecular weight is 370 g/mol. The Hall–Kier alpha value is -2.93. The van der Waals surface area contributed by atoms with Gasteiger partial charge in [0.2, 0.25) is 0 Å². The molecule has 6 nitrogen and oxygen atoms in total. The number of ether oxygens (including phenoxy) is 1. The van der Waals surface area contributed by atoms with E-state index in [1.165, 1.54) is 0 Å². The number of carbonyl (C=O) groups excluding carboxylic acids is 2. The van der Waals surface area contributed by atoms with Crippen LogP contribution in [0.4, 0.5) is 0 Å². The maximum absolute atomic E-state index is 11.9. The van der Waals surface area contributed by atoms with Gasteiger partial charge in [0, 0.05) is 11.6 Å². The summed E-state index contributed by atoms with van der Waals surface area (Å²) in [6, 6.07) is 10.5.